The zero-order chi connectivity index (χ0) is 17.7. The van der Waals surface area contributed by atoms with Gasteiger partial charge in [-0.15, -0.1) is 0 Å². The molecule has 2 amide bonds. The molecule has 0 atom stereocenters. The molecule has 1 aromatic carbocycles. The summed E-state index contributed by atoms with van der Waals surface area (Å²) in [6.45, 7) is 5.91. The highest BCUT2D eigenvalue weighted by Crippen LogP contribution is 2.15. The van der Waals surface area contributed by atoms with Crippen LogP contribution in [0.25, 0.3) is 0 Å². The Labute approximate surface area is 142 Å². The van der Waals surface area contributed by atoms with E-state index in [2.05, 4.69) is 4.74 Å². The van der Waals surface area contributed by atoms with Crippen LogP contribution >= 0.6 is 0 Å². The Bertz CT molecular complexity index is 634. The molecule has 0 spiro atoms. The lowest BCUT2D eigenvalue weighted by atomic mass is 10.0. The van der Waals surface area contributed by atoms with E-state index in [1.807, 2.05) is 32.0 Å². The van der Waals surface area contributed by atoms with E-state index < -0.39 is 0 Å². The fourth-order valence-electron chi connectivity index (χ4n) is 2.76. The fourth-order valence-corrected chi connectivity index (χ4v) is 2.76. The summed E-state index contributed by atoms with van der Waals surface area (Å²) < 4.78 is 4.54. The lowest BCUT2D eigenvalue weighted by molar-refractivity contribution is -0.143. The van der Waals surface area contributed by atoms with E-state index in [1.165, 1.54) is 7.11 Å². The monoisotopic (exact) mass is 332 g/mol. The Hall–Kier alpha value is -2.37. The summed E-state index contributed by atoms with van der Waals surface area (Å²) in [5, 5.41) is 0. The summed E-state index contributed by atoms with van der Waals surface area (Å²) in [5.41, 5.74) is 2.74. The van der Waals surface area contributed by atoms with Gasteiger partial charge in [0.25, 0.3) is 5.91 Å². The summed E-state index contributed by atoms with van der Waals surface area (Å²) in [7, 11) is 1.31. The van der Waals surface area contributed by atoms with Crippen molar-refractivity contribution in [1.82, 2.24) is 9.80 Å². The van der Waals surface area contributed by atoms with Gasteiger partial charge in [-0.3, -0.25) is 14.4 Å². The Kier molecular flexibility index (Phi) is 5.95. The van der Waals surface area contributed by atoms with Gasteiger partial charge in [0.15, 0.2) is 0 Å². The van der Waals surface area contributed by atoms with Crippen LogP contribution in [-0.4, -0.2) is 60.9 Å². The van der Waals surface area contributed by atoms with Crippen LogP contribution in [0.15, 0.2) is 18.2 Å². The fraction of sp³-hybridized carbons (Fsp3) is 0.500. The quantitative estimate of drug-likeness (QED) is 0.785. The highest BCUT2D eigenvalue weighted by molar-refractivity contribution is 5.96. The zero-order valence-electron chi connectivity index (χ0n) is 14.5. The maximum Gasteiger partial charge on any atom is 0.306 e. The van der Waals surface area contributed by atoms with E-state index >= 15 is 0 Å². The standard InChI is InChI=1S/C18H24N2O4/c1-13-4-5-14(2)15(12-13)18(23)20-10-8-19(9-11-20)16(21)6-7-17(22)24-3/h4-5,12H,6-11H2,1-3H3. The topological polar surface area (TPSA) is 66.9 Å². The second-order valence-electron chi connectivity index (χ2n) is 6.07. The van der Waals surface area contributed by atoms with Gasteiger partial charge in [0.1, 0.15) is 0 Å². The normalized spacial score (nSPS) is 14.5. The van der Waals surface area contributed by atoms with E-state index in [-0.39, 0.29) is 30.6 Å². The number of esters is 1. The molecular weight excluding hydrogens is 308 g/mol. The number of ether oxygens (including phenoxy) is 1. The van der Waals surface area contributed by atoms with E-state index in [1.54, 1.807) is 9.80 Å². The molecule has 0 aromatic heterocycles. The smallest absolute Gasteiger partial charge is 0.306 e. The number of piperazine rings is 1. The molecule has 0 saturated carbocycles. The number of nitrogens with zero attached hydrogens (tertiary/aromatic N) is 2. The second-order valence-corrected chi connectivity index (χ2v) is 6.07. The number of rotatable bonds is 4. The average Bonchev–Trinajstić information content (AvgIpc) is 2.60. The minimum atomic E-state index is -0.382. The van der Waals surface area contributed by atoms with Gasteiger partial charge < -0.3 is 14.5 Å². The molecule has 6 nitrogen and oxygen atoms in total. The Morgan fingerprint density at radius 3 is 2.25 bits per heavy atom. The highest BCUT2D eigenvalue weighted by atomic mass is 16.5. The molecule has 1 aromatic rings. The molecule has 1 heterocycles. The van der Waals surface area contributed by atoms with Crippen LogP contribution in [-0.2, 0) is 14.3 Å². The Morgan fingerprint density at radius 2 is 1.62 bits per heavy atom. The molecule has 0 bridgehead atoms. The van der Waals surface area contributed by atoms with Crippen molar-refractivity contribution in [2.24, 2.45) is 0 Å². The van der Waals surface area contributed by atoms with E-state index in [4.69, 9.17) is 0 Å². The third-order valence-corrected chi connectivity index (χ3v) is 4.31. The van der Waals surface area contributed by atoms with Crippen molar-refractivity contribution < 1.29 is 19.1 Å². The SMILES string of the molecule is COC(=O)CCC(=O)N1CCN(C(=O)c2cc(C)ccc2C)CC1. The van der Waals surface area contributed by atoms with Crippen molar-refractivity contribution in [3.8, 4) is 0 Å². The number of methoxy groups -OCH3 is 1. The van der Waals surface area contributed by atoms with Crippen LogP contribution < -0.4 is 0 Å². The first-order valence-electron chi connectivity index (χ1n) is 8.13. The van der Waals surface area contributed by atoms with Crippen LogP contribution in [0.5, 0.6) is 0 Å². The number of hydrogen-bond acceptors (Lipinski definition) is 4. The molecule has 24 heavy (non-hydrogen) atoms. The van der Waals surface area contributed by atoms with Crippen molar-refractivity contribution in [2.45, 2.75) is 26.7 Å². The van der Waals surface area contributed by atoms with Crippen molar-refractivity contribution in [2.75, 3.05) is 33.3 Å². The van der Waals surface area contributed by atoms with Gasteiger partial charge >= 0.3 is 5.97 Å². The summed E-state index contributed by atoms with van der Waals surface area (Å²) in [6, 6.07) is 5.85. The summed E-state index contributed by atoms with van der Waals surface area (Å²) in [5.74, 6) is -0.441. The van der Waals surface area contributed by atoms with E-state index in [9.17, 15) is 14.4 Å². The van der Waals surface area contributed by atoms with Gasteiger partial charge in [-0.1, -0.05) is 17.7 Å². The van der Waals surface area contributed by atoms with Crippen molar-refractivity contribution in [3.05, 3.63) is 34.9 Å². The van der Waals surface area contributed by atoms with Gasteiger partial charge in [0.2, 0.25) is 5.91 Å². The van der Waals surface area contributed by atoms with Gasteiger partial charge in [-0.05, 0) is 25.5 Å². The number of amides is 2. The van der Waals surface area contributed by atoms with Crippen molar-refractivity contribution >= 4 is 17.8 Å². The molecule has 6 heteroatoms. The van der Waals surface area contributed by atoms with Gasteiger partial charge in [-0.25, -0.2) is 0 Å². The predicted octanol–water partition coefficient (Wildman–Crippen LogP) is 1.54. The third kappa shape index (κ3) is 4.34. The molecular formula is C18H24N2O4. The molecule has 0 radical (unpaired) electrons. The number of benzene rings is 1. The summed E-state index contributed by atoms with van der Waals surface area (Å²) in [4.78, 5) is 39.3. The predicted molar refractivity (Wildman–Crippen MR) is 89.6 cm³/mol. The first-order valence-corrected chi connectivity index (χ1v) is 8.13. The molecule has 1 saturated heterocycles. The molecule has 0 N–H and O–H groups in total. The van der Waals surface area contributed by atoms with Gasteiger partial charge in [-0.2, -0.15) is 0 Å². The molecule has 2 rings (SSSR count). The Morgan fingerprint density at radius 1 is 1.00 bits per heavy atom. The number of carbonyl (C=O) groups excluding carboxylic acids is 3. The molecule has 1 fully saturated rings. The number of hydrogen-bond donors (Lipinski definition) is 0. The molecule has 130 valence electrons. The third-order valence-electron chi connectivity index (χ3n) is 4.31. The molecule has 1 aliphatic rings. The minimum absolute atomic E-state index is 0.0119. The zero-order valence-corrected chi connectivity index (χ0v) is 14.5. The number of carbonyl (C=O) groups is 3. The summed E-state index contributed by atoms with van der Waals surface area (Å²) in [6.07, 6.45) is 0.245. The Balaban J connectivity index is 1.90. The van der Waals surface area contributed by atoms with Gasteiger partial charge in [0, 0.05) is 38.2 Å². The molecule has 1 aliphatic heterocycles. The van der Waals surface area contributed by atoms with E-state index in [0.717, 1.165) is 16.7 Å². The van der Waals surface area contributed by atoms with Crippen LogP contribution in [0.4, 0.5) is 0 Å². The second kappa shape index (κ2) is 7.95. The summed E-state index contributed by atoms with van der Waals surface area (Å²) >= 11 is 0. The minimum Gasteiger partial charge on any atom is -0.469 e. The average molecular weight is 332 g/mol. The van der Waals surface area contributed by atoms with Crippen molar-refractivity contribution in [3.63, 3.8) is 0 Å². The van der Waals surface area contributed by atoms with Crippen molar-refractivity contribution in [1.29, 1.82) is 0 Å². The van der Waals surface area contributed by atoms with Crippen LogP contribution in [0.3, 0.4) is 0 Å². The van der Waals surface area contributed by atoms with E-state index in [0.29, 0.717) is 26.2 Å². The van der Waals surface area contributed by atoms with Crippen LogP contribution in [0.2, 0.25) is 0 Å². The van der Waals surface area contributed by atoms with Crippen LogP contribution in [0, 0.1) is 13.8 Å². The first-order chi connectivity index (χ1) is 11.4. The molecule has 0 aliphatic carbocycles. The lowest BCUT2D eigenvalue weighted by Gasteiger charge is -2.35. The maximum atomic E-state index is 12.7. The first kappa shape index (κ1) is 18.0. The van der Waals surface area contributed by atoms with Crippen LogP contribution in [0.1, 0.15) is 34.3 Å². The van der Waals surface area contributed by atoms with Gasteiger partial charge in [0.05, 0.1) is 13.5 Å². The largest absolute Gasteiger partial charge is 0.469 e. The maximum absolute atomic E-state index is 12.7. The number of aryl methyl sites for hydroxylation is 2. The lowest BCUT2D eigenvalue weighted by Crippen LogP contribution is -2.50. The highest BCUT2D eigenvalue weighted by Gasteiger charge is 2.25. The molecule has 0 unspecified atom stereocenters.